The summed E-state index contributed by atoms with van der Waals surface area (Å²) in [6.45, 7) is 9.47. The zero-order valence-electron chi connectivity index (χ0n) is 13.1. The van der Waals surface area contributed by atoms with E-state index in [-0.39, 0.29) is 6.10 Å². The van der Waals surface area contributed by atoms with E-state index in [4.69, 9.17) is 4.74 Å². The van der Waals surface area contributed by atoms with Crippen LogP contribution >= 0.6 is 31.9 Å². The molecule has 0 amide bonds. The molecule has 1 aliphatic rings. The first-order chi connectivity index (χ1) is 10.5. The largest absolute Gasteiger partial charge is 0.490 e. The number of aliphatic hydroxyl groups excluding tert-OH is 1. The van der Waals surface area contributed by atoms with Crippen molar-refractivity contribution in [1.29, 1.82) is 0 Å². The lowest BCUT2D eigenvalue weighted by atomic mass is 10.2. The van der Waals surface area contributed by atoms with Gasteiger partial charge in [0.1, 0.15) is 12.4 Å². The number of rotatable bonds is 6. The predicted molar refractivity (Wildman–Crippen MR) is 96.5 cm³/mol. The van der Waals surface area contributed by atoms with Crippen LogP contribution in [-0.2, 0) is 0 Å². The first-order valence-electron chi connectivity index (χ1n) is 7.68. The highest BCUT2D eigenvalue weighted by molar-refractivity contribution is 9.11. The average Bonchev–Trinajstić information content (AvgIpc) is 2.43. The molecule has 0 radical (unpaired) electrons. The molecule has 1 N–H and O–H groups in total. The lowest BCUT2D eigenvalue weighted by molar-refractivity contribution is 0.0445. The van der Waals surface area contributed by atoms with E-state index in [0.29, 0.717) is 12.6 Å². The standard InChI is InChI=1S/C16H24Br2N2O2/c1-12-10-19(11-13(2)21)6-7-20(12)8-9-22-16-14(17)4-3-5-15(16)18/h3-5,12-13,21H,6-11H2,1-2H3. The van der Waals surface area contributed by atoms with Gasteiger partial charge in [-0.3, -0.25) is 9.80 Å². The molecule has 0 spiro atoms. The highest BCUT2D eigenvalue weighted by Crippen LogP contribution is 2.32. The van der Waals surface area contributed by atoms with Gasteiger partial charge in [0, 0.05) is 38.8 Å². The van der Waals surface area contributed by atoms with Crippen LogP contribution in [0.1, 0.15) is 13.8 Å². The molecule has 0 aliphatic carbocycles. The summed E-state index contributed by atoms with van der Waals surface area (Å²) in [7, 11) is 0. The summed E-state index contributed by atoms with van der Waals surface area (Å²) in [4.78, 5) is 4.78. The van der Waals surface area contributed by atoms with Gasteiger partial charge < -0.3 is 9.84 Å². The summed E-state index contributed by atoms with van der Waals surface area (Å²) in [6.07, 6.45) is -0.255. The minimum Gasteiger partial charge on any atom is -0.490 e. The second kappa shape index (κ2) is 8.64. The Hall–Kier alpha value is -0.140. The molecule has 2 unspecified atom stereocenters. The smallest absolute Gasteiger partial charge is 0.147 e. The molecule has 6 heteroatoms. The number of benzene rings is 1. The van der Waals surface area contributed by atoms with E-state index in [0.717, 1.165) is 47.4 Å². The molecule has 2 rings (SSSR count). The summed E-state index contributed by atoms with van der Waals surface area (Å²) in [5.41, 5.74) is 0. The fourth-order valence-corrected chi connectivity index (χ4v) is 4.06. The number of nitrogens with zero attached hydrogens (tertiary/aromatic N) is 2. The molecule has 0 saturated carbocycles. The number of piperazine rings is 1. The average molecular weight is 436 g/mol. The Morgan fingerprint density at radius 3 is 2.59 bits per heavy atom. The third-order valence-electron chi connectivity index (χ3n) is 3.92. The van der Waals surface area contributed by atoms with E-state index in [9.17, 15) is 5.11 Å². The van der Waals surface area contributed by atoms with Crippen molar-refractivity contribution < 1.29 is 9.84 Å². The van der Waals surface area contributed by atoms with Gasteiger partial charge in [-0.2, -0.15) is 0 Å². The second-order valence-electron chi connectivity index (χ2n) is 5.89. The quantitative estimate of drug-likeness (QED) is 0.745. The van der Waals surface area contributed by atoms with E-state index in [1.54, 1.807) is 0 Å². The Labute approximate surface area is 149 Å². The maximum absolute atomic E-state index is 9.49. The number of hydrogen-bond acceptors (Lipinski definition) is 4. The van der Waals surface area contributed by atoms with Crippen molar-refractivity contribution in [2.75, 3.05) is 39.3 Å². The lowest BCUT2D eigenvalue weighted by Crippen LogP contribution is -2.53. The number of aliphatic hydroxyl groups is 1. The van der Waals surface area contributed by atoms with Crippen molar-refractivity contribution in [2.45, 2.75) is 26.0 Å². The molecule has 124 valence electrons. The highest BCUT2D eigenvalue weighted by atomic mass is 79.9. The highest BCUT2D eigenvalue weighted by Gasteiger charge is 2.24. The van der Waals surface area contributed by atoms with Gasteiger partial charge in [0.25, 0.3) is 0 Å². The van der Waals surface area contributed by atoms with Crippen molar-refractivity contribution >= 4 is 31.9 Å². The van der Waals surface area contributed by atoms with E-state index in [2.05, 4.69) is 48.6 Å². The van der Waals surface area contributed by atoms with E-state index < -0.39 is 0 Å². The van der Waals surface area contributed by atoms with Crippen molar-refractivity contribution in [3.63, 3.8) is 0 Å². The Bertz CT molecular complexity index is 465. The van der Waals surface area contributed by atoms with E-state index in [1.807, 2.05) is 25.1 Å². The second-order valence-corrected chi connectivity index (χ2v) is 7.60. The van der Waals surface area contributed by atoms with Gasteiger partial charge in [-0.05, 0) is 57.8 Å². The van der Waals surface area contributed by atoms with Crippen LogP contribution in [0.2, 0.25) is 0 Å². The summed E-state index contributed by atoms with van der Waals surface area (Å²) < 4.78 is 7.86. The Kier molecular flexibility index (Phi) is 7.15. The monoisotopic (exact) mass is 434 g/mol. The third kappa shape index (κ3) is 5.20. The number of ether oxygens (including phenoxy) is 1. The van der Waals surface area contributed by atoms with Gasteiger partial charge in [-0.25, -0.2) is 0 Å². The molecule has 1 aliphatic heterocycles. The fourth-order valence-electron chi connectivity index (χ4n) is 2.83. The van der Waals surface area contributed by atoms with Crippen molar-refractivity contribution in [1.82, 2.24) is 9.80 Å². The number of para-hydroxylation sites is 1. The van der Waals surface area contributed by atoms with Crippen molar-refractivity contribution in [3.8, 4) is 5.75 Å². The summed E-state index contributed by atoms with van der Waals surface area (Å²) in [5, 5.41) is 9.49. The zero-order valence-corrected chi connectivity index (χ0v) is 16.3. The van der Waals surface area contributed by atoms with Crippen LogP contribution in [0.5, 0.6) is 5.75 Å². The molecule has 2 atom stereocenters. The van der Waals surface area contributed by atoms with Crippen LogP contribution in [0, 0.1) is 0 Å². The van der Waals surface area contributed by atoms with Gasteiger partial charge in [0.05, 0.1) is 15.0 Å². The number of hydrogen-bond donors (Lipinski definition) is 1. The Morgan fingerprint density at radius 1 is 1.32 bits per heavy atom. The van der Waals surface area contributed by atoms with Crippen LogP contribution < -0.4 is 4.74 Å². The van der Waals surface area contributed by atoms with Crippen LogP contribution in [0.15, 0.2) is 27.1 Å². The van der Waals surface area contributed by atoms with Crippen LogP contribution in [0.3, 0.4) is 0 Å². The molecule has 1 aromatic carbocycles. The van der Waals surface area contributed by atoms with Gasteiger partial charge >= 0.3 is 0 Å². The van der Waals surface area contributed by atoms with Gasteiger partial charge in [0.15, 0.2) is 0 Å². The molecular weight excluding hydrogens is 412 g/mol. The van der Waals surface area contributed by atoms with E-state index in [1.165, 1.54) is 0 Å². The molecule has 1 fully saturated rings. The minimum atomic E-state index is -0.255. The van der Waals surface area contributed by atoms with Gasteiger partial charge in [0.2, 0.25) is 0 Å². The van der Waals surface area contributed by atoms with Crippen LogP contribution in [-0.4, -0.2) is 66.4 Å². The molecule has 0 bridgehead atoms. The molecule has 0 aromatic heterocycles. The van der Waals surface area contributed by atoms with Crippen LogP contribution in [0.25, 0.3) is 0 Å². The first kappa shape index (κ1) is 18.2. The predicted octanol–water partition coefficient (Wildman–Crippen LogP) is 2.98. The Morgan fingerprint density at radius 2 is 2.00 bits per heavy atom. The lowest BCUT2D eigenvalue weighted by Gasteiger charge is -2.40. The van der Waals surface area contributed by atoms with E-state index >= 15 is 0 Å². The molecule has 1 aromatic rings. The normalized spacial score (nSPS) is 21.8. The number of β-amino-alcohol motifs (C(OH)–C–C–N with tert-alkyl or cyclic N) is 1. The maximum atomic E-state index is 9.49. The molecule has 1 heterocycles. The summed E-state index contributed by atoms with van der Waals surface area (Å²) in [6, 6.07) is 6.43. The van der Waals surface area contributed by atoms with Crippen molar-refractivity contribution in [3.05, 3.63) is 27.1 Å². The van der Waals surface area contributed by atoms with Crippen molar-refractivity contribution in [2.24, 2.45) is 0 Å². The molecule has 22 heavy (non-hydrogen) atoms. The summed E-state index contributed by atoms with van der Waals surface area (Å²) in [5.74, 6) is 0.864. The maximum Gasteiger partial charge on any atom is 0.147 e. The Balaban J connectivity index is 1.78. The van der Waals surface area contributed by atoms with Gasteiger partial charge in [-0.1, -0.05) is 6.07 Å². The topological polar surface area (TPSA) is 35.9 Å². The minimum absolute atomic E-state index is 0.255. The third-order valence-corrected chi connectivity index (χ3v) is 5.16. The number of halogens is 2. The fraction of sp³-hybridized carbons (Fsp3) is 0.625. The van der Waals surface area contributed by atoms with Gasteiger partial charge in [-0.15, -0.1) is 0 Å². The summed E-state index contributed by atoms with van der Waals surface area (Å²) >= 11 is 7.03. The first-order valence-corrected chi connectivity index (χ1v) is 9.27. The van der Waals surface area contributed by atoms with Crippen LogP contribution in [0.4, 0.5) is 0 Å². The zero-order chi connectivity index (χ0) is 16.1. The SMILES string of the molecule is CC(O)CN1CCN(CCOc2c(Br)cccc2Br)C(C)C1. The molecule has 4 nitrogen and oxygen atoms in total. The molecular formula is C16H24Br2N2O2. The molecule has 1 saturated heterocycles.